The number of rotatable bonds is 3. The van der Waals surface area contributed by atoms with Gasteiger partial charge in [0.15, 0.2) is 17.5 Å². The SMILES string of the molecule is Cc1cc(-c2nc(-c3cc(C)c(C)c(C)c3)nc(-c3cc(C)c(C)c(C)c3)n2)cc(C)c1C. The van der Waals surface area contributed by atoms with Crippen molar-refractivity contribution in [2.24, 2.45) is 0 Å². The standard InChI is InChI=1S/C30H33N3/c1-16-10-25(11-17(2)22(16)7)28-31-29(26-12-18(3)23(8)19(4)13-26)33-30(32-28)27-14-20(5)24(9)21(6)15-27/h10-15H,1-9H3. The second kappa shape index (κ2) is 8.55. The van der Waals surface area contributed by atoms with Crippen LogP contribution in [0.25, 0.3) is 34.2 Å². The molecule has 168 valence electrons. The predicted octanol–water partition coefficient (Wildman–Crippen LogP) is 7.65. The highest BCUT2D eigenvalue weighted by Crippen LogP contribution is 2.30. The maximum absolute atomic E-state index is 4.96. The van der Waals surface area contributed by atoms with E-state index in [1.54, 1.807) is 0 Å². The van der Waals surface area contributed by atoms with Gasteiger partial charge in [-0.05, 0) is 149 Å². The second-order valence-electron chi connectivity index (χ2n) is 9.51. The number of benzene rings is 3. The maximum atomic E-state index is 4.96. The normalized spacial score (nSPS) is 11.2. The summed E-state index contributed by atoms with van der Waals surface area (Å²) in [6.45, 7) is 19.4. The topological polar surface area (TPSA) is 38.7 Å². The molecule has 0 amide bonds. The summed E-state index contributed by atoms with van der Waals surface area (Å²) in [6.07, 6.45) is 0. The number of hydrogen-bond acceptors (Lipinski definition) is 3. The fraction of sp³-hybridized carbons (Fsp3) is 0.300. The third kappa shape index (κ3) is 4.32. The molecule has 0 spiro atoms. The van der Waals surface area contributed by atoms with Gasteiger partial charge in [-0.1, -0.05) is 0 Å². The smallest absolute Gasteiger partial charge is 0.164 e. The van der Waals surface area contributed by atoms with Crippen molar-refractivity contribution in [2.45, 2.75) is 62.3 Å². The lowest BCUT2D eigenvalue weighted by molar-refractivity contribution is 1.06. The van der Waals surface area contributed by atoms with Crippen LogP contribution >= 0.6 is 0 Å². The zero-order valence-electron chi connectivity index (χ0n) is 21.3. The fourth-order valence-electron chi connectivity index (χ4n) is 4.26. The Balaban J connectivity index is 2.00. The zero-order chi connectivity index (χ0) is 24.0. The lowest BCUT2D eigenvalue weighted by atomic mass is 9.98. The van der Waals surface area contributed by atoms with Crippen molar-refractivity contribution in [2.75, 3.05) is 0 Å². The van der Waals surface area contributed by atoms with Crippen molar-refractivity contribution < 1.29 is 0 Å². The van der Waals surface area contributed by atoms with Crippen LogP contribution in [-0.4, -0.2) is 15.0 Å². The molecule has 4 aromatic rings. The molecule has 4 rings (SSSR count). The van der Waals surface area contributed by atoms with Gasteiger partial charge in [-0.25, -0.2) is 15.0 Å². The van der Waals surface area contributed by atoms with Gasteiger partial charge >= 0.3 is 0 Å². The molecule has 1 aromatic heterocycles. The summed E-state index contributed by atoms with van der Waals surface area (Å²) in [4.78, 5) is 14.9. The van der Waals surface area contributed by atoms with E-state index in [4.69, 9.17) is 15.0 Å². The van der Waals surface area contributed by atoms with E-state index < -0.39 is 0 Å². The first-order valence-corrected chi connectivity index (χ1v) is 11.6. The molecule has 0 saturated heterocycles. The van der Waals surface area contributed by atoms with E-state index in [2.05, 4.69) is 98.7 Å². The van der Waals surface area contributed by atoms with Gasteiger partial charge < -0.3 is 0 Å². The average molecular weight is 436 g/mol. The van der Waals surface area contributed by atoms with Gasteiger partial charge in [-0.2, -0.15) is 0 Å². The summed E-state index contributed by atoms with van der Waals surface area (Å²) in [5, 5.41) is 0. The summed E-state index contributed by atoms with van der Waals surface area (Å²) in [6, 6.07) is 13.1. The van der Waals surface area contributed by atoms with E-state index in [1.807, 2.05) is 0 Å². The van der Waals surface area contributed by atoms with E-state index in [0.717, 1.165) is 16.7 Å². The van der Waals surface area contributed by atoms with Gasteiger partial charge in [0.2, 0.25) is 0 Å². The molecular formula is C30H33N3. The molecule has 3 aromatic carbocycles. The Morgan fingerprint density at radius 1 is 0.333 bits per heavy atom. The molecule has 0 bridgehead atoms. The molecular weight excluding hydrogens is 402 g/mol. The van der Waals surface area contributed by atoms with E-state index in [-0.39, 0.29) is 0 Å². The van der Waals surface area contributed by atoms with Gasteiger partial charge in [0.1, 0.15) is 0 Å². The Morgan fingerprint density at radius 2 is 0.515 bits per heavy atom. The van der Waals surface area contributed by atoms with E-state index in [1.165, 1.54) is 50.1 Å². The minimum absolute atomic E-state index is 0.716. The first kappa shape index (κ1) is 22.8. The van der Waals surface area contributed by atoms with Crippen molar-refractivity contribution in [1.29, 1.82) is 0 Å². The second-order valence-corrected chi connectivity index (χ2v) is 9.51. The lowest BCUT2D eigenvalue weighted by Crippen LogP contribution is -2.02. The van der Waals surface area contributed by atoms with Crippen molar-refractivity contribution in [3.8, 4) is 34.2 Å². The van der Waals surface area contributed by atoms with Crippen LogP contribution in [-0.2, 0) is 0 Å². The molecule has 0 fully saturated rings. The molecule has 0 aliphatic rings. The summed E-state index contributed by atoms with van der Waals surface area (Å²) >= 11 is 0. The van der Waals surface area contributed by atoms with E-state index in [0.29, 0.717) is 17.5 Å². The molecule has 0 N–H and O–H groups in total. The van der Waals surface area contributed by atoms with Crippen LogP contribution in [0.4, 0.5) is 0 Å². The largest absolute Gasteiger partial charge is 0.208 e. The highest BCUT2D eigenvalue weighted by atomic mass is 15.0. The molecule has 0 atom stereocenters. The zero-order valence-corrected chi connectivity index (χ0v) is 21.3. The molecule has 1 heterocycles. The Labute approximate surface area is 198 Å². The lowest BCUT2D eigenvalue weighted by Gasteiger charge is -2.14. The van der Waals surface area contributed by atoms with Crippen molar-refractivity contribution >= 4 is 0 Å². The van der Waals surface area contributed by atoms with Crippen LogP contribution in [0.15, 0.2) is 36.4 Å². The van der Waals surface area contributed by atoms with Gasteiger partial charge in [-0.3, -0.25) is 0 Å². The van der Waals surface area contributed by atoms with Crippen LogP contribution < -0.4 is 0 Å². The van der Waals surface area contributed by atoms with Gasteiger partial charge in [-0.15, -0.1) is 0 Å². The van der Waals surface area contributed by atoms with Crippen LogP contribution in [0.1, 0.15) is 50.1 Å². The van der Waals surface area contributed by atoms with Gasteiger partial charge in [0.25, 0.3) is 0 Å². The monoisotopic (exact) mass is 435 g/mol. The molecule has 3 heteroatoms. The average Bonchev–Trinajstić information content (AvgIpc) is 2.78. The minimum Gasteiger partial charge on any atom is -0.208 e. The highest BCUT2D eigenvalue weighted by Gasteiger charge is 2.15. The van der Waals surface area contributed by atoms with Crippen LogP contribution in [0, 0.1) is 62.3 Å². The highest BCUT2D eigenvalue weighted by molar-refractivity contribution is 5.69. The van der Waals surface area contributed by atoms with E-state index in [9.17, 15) is 0 Å². The summed E-state index contributed by atoms with van der Waals surface area (Å²) in [7, 11) is 0. The number of aryl methyl sites for hydroxylation is 6. The summed E-state index contributed by atoms with van der Waals surface area (Å²) in [5.41, 5.74) is 14.5. The number of nitrogens with zero attached hydrogens (tertiary/aromatic N) is 3. The molecule has 0 saturated carbocycles. The maximum Gasteiger partial charge on any atom is 0.164 e. The Hall–Kier alpha value is -3.33. The Kier molecular flexibility index (Phi) is 5.92. The molecule has 33 heavy (non-hydrogen) atoms. The molecule has 0 radical (unpaired) electrons. The molecule has 0 aliphatic heterocycles. The number of aromatic nitrogens is 3. The first-order valence-electron chi connectivity index (χ1n) is 11.6. The van der Waals surface area contributed by atoms with Crippen LogP contribution in [0.5, 0.6) is 0 Å². The quantitative estimate of drug-likeness (QED) is 0.332. The Bertz CT molecular complexity index is 1140. The minimum atomic E-state index is 0.716. The van der Waals surface area contributed by atoms with Crippen molar-refractivity contribution in [3.63, 3.8) is 0 Å². The number of hydrogen-bond donors (Lipinski definition) is 0. The Morgan fingerprint density at radius 3 is 0.697 bits per heavy atom. The van der Waals surface area contributed by atoms with Crippen molar-refractivity contribution in [1.82, 2.24) is 15.0 Å². The van der Waals surface area contributed by atoms with Gasteiger partial charge in [0.05, 0.1) is 0 Å². The molecule has 0 aliphatic carbocycles. The van der Waals surface area contributed by atoms with Crippen LogP contribution in [0.3, 0.4) is 0 Å². The third-order valence-corrected chi connectivity index (χ3v) is 7.19. The fourth-order valence-corrected chi connectivity index (χ4v) is 4.26. The van der Waals surface area contributed by atoms with Gasteiger partial charge in [0, 0.05) is 16.7 Å². The summed E-state index contributed by atoms with van der Waals surface area (Å²) < 4.78 is 0. The van der Waals surface area contributed by atoms with Crippen LogP contribution in [0.2, 0.25) is 0 Å². The molecule has 3 nitrogen and oxygen atoms in total. The first-order chi connectivity index (χ1) is 15.5. The third-order valence-electron chi connectivity index (χ3n) is 7.19. The van der Waals surface area contributed by atoms with Crippen molar-refractivity contribution in [3.05, 3.63) is 86.5 Å². The summed E-state index contributed by atoms with van der Waals surface area (Å²) in [5.74, 6) is 2.15. The molecule has 0 unspecified atom stereocenters. The predicted molar refractivity (Wildman–Crippen MR) is 139 cm³/mol. The van der Waals surface area contributed by atoms with E-state index >= 15 is 0 Å².